The molecule has 2 aromatic heterocycles. The molecule has 1 aliphatic heterocycles. The first kappa shape index (κ1) is 18.1. The minimum atomic E-state index is 0.000792. The van der Waals surface area contributed by atoms with Crippen LogP contribution in [0, 0.1) is 0 Å². The molecule has 0 amide bonds. The van der Waals surface area contributed by atoms with Gasteiger partial charge in [-0.05, 0) is 6.92 Å². The summed E-state index contributed by atoms with van der Waals surface area (Å²) in [6.45, 7) is 15.2. The summed E-state index contributed by atoms with van der Waals surface area (Å²) in [5.41, 5.74) is 0.000792. The van der Waals surface area contributed by atoms with Crippen LogP contribution in [0.5, 0.6) is 0 Å². The molecule has 0 aromatic carbocycles. The molecule has 1 fully saturated rings. The lowest BCUT2D eigenvalue weighted by atomic mass is 9.94. The topological polar surface area (TPSA) is 71.4 Å². The van der Waals surface area contributed by atoms with E-state index in [4.69, 9.17) is 8.94 Å². The van der Waals surface area contributed by atoms with Gasteiger partial charge in [0, 0.05) is 38.0 Å². The molecular formula is C18H29N5O2. The van der Waals surface area contributed by atoms with E-state index in [1.54, 1.807) is 0 Å². The molecule has 3 heterocycles. The Morgan fingerprint density at radius 2 is 1.92 bits per heavy atom. The van der Waals surface area contributed by atoms with Gasteiger partial charge in [0.25, 0.3) is 0 Å². The average Bonchev–Trinajstić information content (AvgIpc) is 3.23. The second kappa shape index (κ2) is 7.25. The van der Waals surface area contributed by atoms with Gasteiger partial charge in [-0.1, -0.05) is 32.9 Å². The van der Waals surface area contributed by atoms with Crippen molar-refractivity contribution in [2.24, 2.45) is 0 Å². The summed E-state index contributed by atoms with van der Waals surface area (Å²) < 4.78 is 11.3. The van der Waals surface area contributed by atoms with Crippen LogP contribution in [0.4, 0.5) is 0 Å². The summed E-state index contributed by atoms with van der Waals surface area (Å²) in [5.74, 6) is 3.24. The Bertz CT molecular complexity index is 680. The van der Waals surface area contributed by atoms with Gasteiger partial charge in [-0.25, -0.2) is 4.98 Å². The first-order valence-corrected chi connectivity index (χ1v) is 9.11. The molecule has 25 heavy (non-hydrogen) atoms. The number of aromatic nitrogens is 3. The third-order valence-electron chi connectivity index (χ3n) is 4.76. The van der Waals surface area contributed by atoms with E-state index >= 15 is 0 Å². The molecule has 7 heteroatoms. The molecule has 1 unspecified atom stereocenters. The van der Waals surface area contributed by atoms with Crippen molar-refractivity contribution in [3.05, 3.63) is 29.6 Å². The summed E-state index contributed by atoms with van der Waals surface area (Å²) in [6, 6.07) is 0.157. The molecule has 0 spiro atoms. The van der Waals surface area contributed by atoms with Crippen molar-refractivity contribution in [2.75, 3.05) is 26.2 Å². The lowest BCUT2D eigenvalue weighted by Crippen LogP contribution is -2.46. The fraction of sp³-hybridized carbons (Fsp3) is 0.722. The highest BCUT2D eigenvalue weighted by molar-refractivity contribution is 5.06. The number of hydrogen-bond acceptors (Lipinski definition) is 7. The molecule has 1 saturated heterocycles. The molecule has 1 atom stereocenters. The van der Waals surface area contributed by atoms with Crippen molar-refractivity contribution in [3.8, 4) is 0 Å². The van der Waals surface area contributed by atoms with Gasteiger partial charge in [-0.15, -0.1) is 0 Å². The third kappa shape index (κ3) is 4.27. The zero-order valence-electron chi connectivity index (χ0n) is 15.9. The van der Waals surface area contributed by atoms with E-state index in [9.17, 15) is 0 Å². The van der Waals surface area contributed by atoms with Crippen LogP contribution in [-0.4, -0.2) is 51.1 Å². The Balaban J connectivity index is 1.52. The van der Waals surface area contributed by atoms with Crippen LogP contribution in [0.2, 0.25) is 0 Å². The maximum Gasteiger partial charge on any atom is 0.243 e. The number of nitrogens with zero attached hydrogens (tertiary/aromatic N) is 5. The largest absolute Gasteiger partial charge is 0.444 e. The third-order valence-corrected chi connectivity index (χ3v) is 4.76. The maximum absolute atomic E-state index is 5.91. The summed E-state index contributed by atoms with van der Waals surface area (Å²) in [5, 5.41) is 4.00. The van der Waals surface area contributed by atoms with E-state index in [1.807, 2.05) is 13.1 Å². The van der Waals surface area contributed by atoms with E-state index in [2.05, 4.69) is 52.6 Å². The van der Waals surface area contributed by atoms with Crippen molar-refractivity contribution < 1.29 is 8.94 Å². The molecule has 0 radical (unpaired) electrons. The van der Waals surface area contributed by atoms with Gasteiger partial charge >= 0.3 is 0 Å². The van der Waals surface area contributed by atoms with E-state index in [-0.39, 0.29) is 11.5 Å². The summed E-state index contributed by atoms with van der Waals surface area (Å²) >= 11 is 0. The molecule has 0 bridgehead atoms. The smallest absolute Gasteiger partial charge is 0.243 e. The molecule has 2 aromatic rings. The Hall–Kier alpha value is -1.73. The van der Waals surface area contributed by atoms with Crippen molar-refractivity contribution >= 4 is 0 Å². The number of oxazole rings is 1. The van der Waals surface area contributed by atoms with E-state index < -0.39 is 0 Å². The van der Waals surface area contributed by atoms with Crippen molar-refractivity contribution in [1.82, 2.24) is 24.9 Å². The lowest BCUT2D eigenvalue weighted by molar-refractivity contribution is 0.0793. The van der Waals surface area contributed by atoms with Crippen LogP contribution >= 0.6 is 0 Å². The highest BCUT2D eigenvalue weighted by atomic mass is 16.5. The molecular weight excluding hydrogens is 318 g/mol. The number of hydrogen-bond donors (Lipinski definition) is 0. The van der Waals surface area contributed by atoms with Crippen LogP contribution in [0.3, 0.4) is 0 Å². The van der Waals surface area contributed by atoms with Gasteiger partial charge in [0.05, 0.1) is 18.8 Å². The predicted octanol–water partition coefficient (Wildman–Crippen LogP) is 2.80. The molecule has 0 aliphatic carbocycles. The van der Waals surface area contributed by atoms with Gasteiger partial charge < -0.3 is 8.94 Å². The van der Waals surface area contributed by atoms with Crippen molar-refractivity contribution in [3.63, 3.8) is 0 Å². The van der Waals surface area contributed by atoms with Crippen molar-refractivity contribution in [2.45, 2.75) is 59.0 Å². The second-order valence-electron chi connectivity index (χ2n) is 7.76. The van der Waals surface area contributed by atoms with Crippen LogP contribution in [-0.2, 0) is 18.4 Å². The van der Waals surface area contributed by atoms with Gasteiger partial charge in [0.2, 0.25) is 11.8 Å². The Morgan fingerprint density at radius 1 is 1.20 bits per heavy atom. The first-order chi connectivity index (χ1) is 11.9. The molecule has 0 N–H and O–H groups in total. The fourth-order valence-electron chi connectivity index (χ4n) is 2.97. The first-order valence-electron chi connectivity index (χ1n) is 9.11. The molecule has 7 nitrogen and oxygen atoms in total. The van der Waals surface area contributed by atoms with Crippen LogP contribution in [0.15, 0.2) is 15.1 Å². The summed E-state index contributed by atoms with van der Waals surface area (Å²) in [6.07, 6.45) is 2.66. The number of rotatable bonds is 5. The fourth-order valence-corrected chi connectivity index (χ4v) is 2.97. The van der Waals surface area contributed by atoms with E-state index in [0.717, 1.165) is 56.6 Å². The summed E-state index contributed by atoms with van der Waals surface area (Å²) in [4.78, 5) is 13.7. The normalized spacial score (nSPS) is 18.6. The zero-order chi connectivity index (χ0) is 18.0. The van der Waals surface area contributed by atoms with Gasteiger partial charge in [-0.2, -0.15) is 4.98 Å². The highest BCUT2D eigenvalue weighted by Crippen LogP contribution is 2.24. The standard InChI is InChI=1S/C18H29N5O2/c1-6-15-20-17(25-21-15)13(2)23-9-7-22(8-10-23)12-16-19-11-14(24-16)18(3,4)5/h11,13H,6-10,12H2,1-5H3. The Labute approximate surface area is 149 Å². The quantitative estimate of drug-likeness (QED) is 0.823. The molecule has 1 aliphatic rings. The zero-order valence-corrected chi connectivity index (χ0v) is 15.9. The van der Waals surface area contributed by atoms with Gasteiger partial charge in [0.15, 0.2) is 5.82 Å². The van der Waals surface area contributed by atoms with E-state index in [0.29, 0.717) is 5.89 Å². The highest BCUT2D eigenvalue weighted by Gasteiger charge is 2.26. The van der Waals surface area contributed by atoms with Gasteiger partial charge in [0.1, 0.15) is 5.76 Å². The van der Waals surface area contributed by atoms with Gasteiger partial charge in [-0.3, -0.25) is 9.80 Å². The Morgan fingerprint density at radius 3 is 2.48 bits per heavy atom. The lowest BCUT2D eigenvalue weighted by Gasteiger charge is -2.36. The maximum atomic E-state index is 5.91. The summed E-state index contributed by atoms with van der Waals surface area (Å²) in [7, 11) is 0. The van der Waals surface area contributed by atoms with Crippen LogP contribution < -0.4 is 0 Å². The molecule has 3 rings (SSSR count). The minimum absolute atomic E-state index is 0.000792. The second-order valence-corrected chi connectivity index (χ2v) is 7.76. The van der Waals surface area contributed by atoms with Crippen LogP contribution in [0.1, 0.15) is 64.0 Å². The predicted molar refractivity (Wildman–Crippen MR) is 94.1 cm³/mol. The number of piperazine rings is 1. The van der Waals surface area contributed by atoms with Crippen molar-refractivity contribution in [1.29, 1.82) is 0 Å². The van der Waals surface area contributed by atoms with E-state index in [1.165, 1.54) is 0 Å². The number of aryl methyl sites for hydroxylation is 1. The molecule has 138 valence electrons. The Kier molecular flexibility index (Phi) is 5.24. The average molecular weight is 347 g/mol. The monoisotopic (exact) mass is 347 g/mol. The van der Waals surface area contributed by atoms with Crippen LogP contribution in [0.25, 0.3) is 0 Å². The minimum Gasteiger partial charge on any atom is -0.444 e. The molecule has 0 saturated carbocycles. The SMILES string of the molecule is CCc1noc(C(C)N2CCN(Cc3ncc(C(C)(C)C)o3)CC2)n1.